The smallest absolute Gasteiger partial charge is 0.272 e. The minimum atomic E-state index is -0.443. The lowest BCUT2D eigenvalue weighted by atomic mass is 10.2. The summed E-state index contributed by atoms with van der Waals surface area (Å²) in [5, 5.41) is 11.7. The summed E-state index contributed by atoms with van der Waals surface area (Å²) in [6.45, 7) is 4.31. The Morgan fingerprint density at radius 2 is 1.23 bits per heavy atom. The summed E-state index contributed by atoms with van der Waals surface area (Å²) in [5.74, 6) is -1.20. The Balaban J connectivity index is 1.18. The van der Waals surface area contributed by atoms with Gasteiger partial charge in [0.1, 0.15) is 22.8 Å². The quantitative estimate of drug-likeness (QED) is 0.192. The predicted octanol–water partition coefficient (Wildman–Crippen LogP) is 3.18. The van der Waals surface area contributed by atoms with Gasteiger partial charge in [-0.2, -0.15) is 0 Å². The maximum atomic E-state index is 13.2. The van der Waals surface area contributed by atoms with Gasteiger partial charge in [-0.3, -0.25) is 24.1 Å². The van der Waals surface area contributed by atoms with Crippen molar-refractivity contribution in [3.05, 3.63) is 82.7 Å². The zero-order chi connectivity index (χ0) is 33.7. The molecule has 14 nitrogen and oxygen atoms in total. The van der Waals surface area contributed by atoms with E-state index in [0.29, 0.717) is 53.3 Å². The van der Waals surface area contributed by atoms with Crippen LogP contribution in [0.15, 0.2) is 55.0 Å². The maximum absolute atomic E-state index is 13.2. The van der Waals surface area contributed by atoms with Crippen LogP contribution in [0.3, 0.4) is 0 Å². The molecule has 4 heterocycles. The third kappa shape index (κ3) is 8.03. The molecule has 4 N–H and O–H groups in total. The van der Waals surface area contributed by atoms with Crippen molar-refractivity contribution in [3.8, 4) is 5.75 Å². The Bertz CT molecular complexity index is 1800. The lowest BCUT2D eigenvalue weighted by molar-refractivity contribution is 0.0383. The molecule has 0 atom stereocenters. The van der Waals surface area contributed by atoms with Gasteiger partial charge >= 0.3 is 0 Å². The minimum absolute atomic E-state index is 0.238. The SMILES string of the molecule is COc1cc(Cl)ccc1C(=O)Nc1cc(C(=O)Nc2cc(C(=O)Nc3cc(C(=O)NCCN4CCOCC4)n(C)c3)n(C)c2)n(C)c1. The van der Waals surface area contributed by atoms with E-state index in [4.69, 9.17) is 21.1 Å². The van der Waals surface area contributed by atoms with Crippen LogP contribution >= 0.6 is 11.6 Å². The molecule has 1 aliphatic rings. The molecule has 248 valence electrons. The number of aromatic nitrogens is 3. The van der Waals surface area contributed by atoms with E-state index in [1.54, 1.807) is 83.8 Å². The van der Waals surface area contributed by atoms with Crippen LogP contribution in [0.5, 0.6) is 5.75 Å². The fourth-order valence-corrected chi connectivity index (χ4v) is 5.42. The van der Waals surface area contributed by atoms with Crippen molar-refractivity contribution in [1.29, 1.82) is 0 Å². The third-order valence-corrected chi connectivity index (χ3v) is 7.95. The molecule has 0 aliphatic carbocycles. The van der Waals surface area contributed by atoms with E-state index in [1.165, 1.54) is 13.2 Å². The number of nitrogens with one attached hydrogen (secondary N) is 4. The van der Waals surface area contributed by atoms with Crippen molar-refractivity contribution < 1.29 is 28.7 Å². The molecule has 15 heteroatoms. The average molecular weight is 665 g/mol. The van der Waals surface area contributed by atoms with E-state index in [2.05, 4.69) is 26.2 Å². The van der Waals surface area contributed by atoms with Crippen LogP contribution < -0.4 is 26.0 Å². The summed E-state index contributed by atoms with van der Waals surface area (Å²) in [5.41, 5.74) is 2.52. The molecule has 1 aromatic carbocycles. The van der Waals surface area contributed by atoms with E-state index in [-0.39, 0.29) is 22.9 Å². The number of hydrogen-bond acceptors (Lipinski definition) is 7. The minimum Gasteiger partial charge on any atom is -0.496 e. The first-order chi connectivity index (χ1) is 22.5. The van der Waals surface area contributed by atoms with Crippen LogP contribution in [0.2, 0.25) is 5.02 Å². The third-order valence-electron chi connectivity index (χ3n) is 7.71. The molecule has 0 radical (unpaired) electrons. The predicted molar refractivity (Wildman–Crippen MR) is 178 cm³/mol. The molecule has 3 aromatic heterocycles. The standard InChI is InChI=1S/C32H37ClN8O6/c1-38-18-22(14-25(38)30(43)34-7-8-41-9-11-47-12-10-41)36-32(45)27-16-23(19-40(27)3)37-31(44)26-15-21(17-39(26)2)35-29(42)24-6-5-20(33)13-28(24)46-4/h5-6,13-19H,7-12H2,1-4H3,(H,34,43)(H,35,42)(H,36,45)(H,37,44). The van der Waals surface area contributed by atoms with E-state index in [0.717, 1.165) is 19.6 Å². The van der Waals surface area contributed by atoms with Crippen molar-refractivity contribution in [2.75, 3.05) is 62.5 Å². The topological polar surface area (TPSA) is 153 Å². The number of ether oxygens (including phenoxy) is 2. The zero-order valence-corrected chi connectivity index (χ0v) is 27.3. The van der Waals surface area contributed by atoms with Gasteiger partial charge in [-0.1, -0.05) is 11.6 Å². The van der Waals surface area contributed by atoms with Crippen molar-refractivity contribution in [2.45, 2.75) is 0 Å². The second-order valence-corrected chi connectivity index (χ2v) is 11.5. The molecule has 5 rings (SSSR count). The van der Waals surface area contributed by atoms with Gasteiger partial charge in [0.2, 0.25) is 0 Å². The van der Waals surface area contributed by atoms with Gasteiger partial charge in [-0.25, -0.2) is 0 Å². The fraction of sp³-hybridized carbons (Fsp3) is 0.312. The van der Waals surface area contributed by atoms with Crippen molar-refractivity contribution in [3.63, 3.8) is 0 Å². The van der Waals surface area contributed by atoms with Crippen LogP contribution in [0, 0.1) is 0 Å². The normalized spacial score (nSPS) is 13.2. The number of nitrogens with zero attached hydrogens (tertiary/aromatic N) is 4. The molecule has 1 saturated heterocycles. The number of hydrogen-bond donors (Lipinski definition) is 4. The van der Waals surface area contributed by atoms with Crippen LogP contribution in [0.1, 0.15) is 41.8 Å². The molecule has 0 saturated carbocycles. The summed E-state index contributed by atoms with van der Waals surface area (Å²) in [6, 6.07) is 9.38. The second kappa shape index (κ2) is 14.6. The average Bonchev–Trinajstić information content (AvgIpc) is 3.72. The summed E-state index contributed by atoms with van der Waals surface area (Å²) in [4.78, 5) is 54.2. The van der Waals surface area contributed by atoms with Gasteiger partial charge in [0, 0.05) is 70.9 Å². The monoisotopic (exact) mass is 664 g/mol. The number of carbonyl (C=O) groups is 4. The molecule has 4 amide bonds. The van der Waals surface area contributed by atoms with Crippen molar-refractivity contribution >= 4 is 52.3 Å². The highest BCUT2D eigenvalue weighted by molar-refractivity contribution is 6.31. The highest BCUT2D eigenvalue weighted by Gasteiger charge is 2.20. The molecule has 1 aliphatic heterocycles. The fourth-order valence-electron chi connectivity index (χ4n) is 5.26. The van der Waals surface area contributed by atoms with Crippen LogP contribution in [0.25, 0.3) is 0 Å². The van der Waals surface area contributed by atoms with Crippen LogP contribution in [-0.2, 0) is 25.9 Å². The van der Waals surface area contributed by atoms with Gasteiger partial charge in [-0.05, 0) is 36.4 Å². The van der Waals surface area contributed by atoms with Gasteiger partial charge in [-0.15, -0.1) is 0 Å². The Labute approximate surface area is 276 Å². The van der Waals surface area contributed by atoms with Crippen molar-refractivity contribution in [1.82, 2.24) is 23.9 Å². The molecular weight excluding hydrogens is 628 g/mol. The molecule has 0 bridgehead atoms. The Hall–Kier alpha value is -5.05. The molecule has 47 heavy (non-hydrogen) atoms. The first kappa shape index (κ1) is 33.3. The first-order valence-electron chi connectivity index (χ1n) is 14.9. The number of morpholine rings is 1. The van der Waals surface area contributed by atoms with Gasteiger partial charge in [0.05, 0.1) is 42.9 Å². The van der Waals surface area contributed by atoms with Gasteiger partial charge in [0.15, 0.2) is 0 Å². The Kier molecular flexibility index (Phi) is 10.3. The molecule has 0 unspecified atom stereocenters. The summed E-state index contributed by atoms with van der Waals surface area (Å²) in [7, 11) is 6.54. The summed E-state index contributed by atoms with van der Waals surface area (Å²) >= 11 is 6.00. The van der Waals surface area contributed by atoms with Crippen LogP contribution in [-0.4, -0.2) is 88.7 Å². The van der Waals surface area contributed by atoms with Gasteiger partial charge in [0.25, 0.3) is 23.6 Å². The van der Waals surface area contributed by atoms with E-state index < -0.39 is 17.7 Å². The van der Waals surface area contributed by atoms with Crippen LogP contribution in [0.4, 0.5) is 17.1 Å². The van der Waals surface area contributed by atoms with E-state index in [1.807, 2.05) is 0 Å². The number of aryl methyl sites for hydroxylation is 3. The highest BCUT2D eigenvalue weighted by Crippen LogP contribution is 2.25. The molecular formula is C32H37ClN8O6. The second-order valence-electron chi connectivity index (χ2n) is 11.1. The number of rotatable bonds is 11. The number of amides is 4. The molecule has 0 spiro atoms. The molecule has 4 aromatic rings. The summed E-state index contributed by atoms with van der Waals surface area (Å²) in [6.07, 6.45) is 4.89. The lowest BCUT2D eigenvalue weighted by Crippen LogP contribution is -2.41. The number of anilines is 3. The summed E-state index contributed by atoms with van der Waals surface area (Å²) < 4.78 is 15.4. The number of benzene rings is 1. The number of halogens is 1. The van der Waals surface area contributed by atoms with E-state index >= 15 is 0 Å². The maximum Gasteiger partial charge on any atom is 0.272 e. The first-order valence-corrected chi connectivity index (χ1v) is 15.2. The zero-order valence-electron chi connectivity index (χ0n) is 26.6. The van der Waals surface area contributed by atoms with Gasteiger partial charge < -0.3 is 44.4 Å². The molecule has 1 fully saturated rings. The number of methoxy groups -OCH3 is 1. The Morgan fingerprint density at radius 3 is 1.74 bits per heavy atom. The van der Waals surface area contributed by atoms with E-state index in [9.17, 15) is 19.2 Å². The lowest BCUT2D eigenvalue weighted by Gasteiger charge is -2.26. The Morgan fingerprint density at radius 1 is 0.745 bits per heavy atom. The van der Waals surface area contributed by atoms with Crippen molar-refractivity contribution in [2.24, 2.45) is 21.1 Å². The number of carbonyl (C=O) groups excluding carboxylic acids is 4. The largest absolute Gasteiger partial charge is 0.496 e. The highest BCUT2D eigenvalue weighted by atomic mass is 35.5.